The molecule has 0 aromatic heterocycles. The number of aliphatic carboxylic acids is 1. The van der Waals surface area contributed by atoms with Gasteiger partial charge in [-0.2, -0.15) is 0 Å². The summed E-state index contributed by atoms with van der Waals surface area (Å²) in [5.41, 5.74) is 4.98. The number of urea groups is 1. The maximum Gasteiger partial charge on any atom is 0.326 e. The number of nitrogens with two attached hydrogens (primary N) is 1. The van der Waals surface area contributed by atoms with E-state index in [4.69, 9.17) is 10.8 Å². The lowest BCUT2D eigenvalue weighted by atomic mass is 10.1. The van der Waals surface area contributed by atoms with E-state index in [1.165, 1.54) is 0 Å². The van der Waals surface area contributed by atoms with Crippen LogP contribution in [0.15, 0.2) is 0 Å². The van der Waals surface area contributed by atoms with Gasteiger partial charge >= 0.3 is 12.0 Å². The van der Waals surface area contributed by atoms with Gasteiger partial charge in [-0.3, -0.25) is 4.79 Å². The number of nitrogens with one attached hydrogen (secondary N) is 2. The Labute approximate surface area is 112 Å². The number of carbonyl (C=O) groups is 3. The van der Waals surface area contributed by atoms with Crippen LogP contribution < -0.4 is 16.4 Å². The second kappa shape index (κ2) is 10.2. The highest BCUT2D eigenvalue weighted by molar-refractivity contribution is 5.82. The summed E-state index contributed by atoms with van der Waals surface area (Å²) in [6.07, 6.45) is 3.56. The van der Waals surface area contributed by atoms with Gasteiger partial charge in [-0.25, -0.2) is 9.59 Å². The molecule has 1 atom stereocenters. The van der Waals surface area contributed by atoms with Gasteiger partial charge in [-0.05, 0) is 19.3 Å². The van der Waals surface area contributed by atoms with E-state index >= 15 is 0 Å². The quantitative estimate of drug-likeness (QED) is 0.435. The molecule has 0 spiro atoms. The number of unbranched alkanes of at least 4 members (excludes halogenated alkanes) is 2. The molecule has 0 radical (unpaired) electrons. The maximum absolute atomic E-state index is 11.4. The number of hydrogen-bond acceptors (Lipinski definition) is 3. The minimum atomic E-state index is -1.03. The number of hydrogen-bond donors (Lipinski definition) is 4. The summed E-state index contributed by atoms with van der Waals surface area (Å²) >= 11 is 0. The van der Waals surface area contributed by atoms with E-state index in [0.717, 1.165) is 12.8 Å². The van der Waals surface area contributed by atoms with Crippen LogP contribution in [0.25, 0.3) is 0 Å². The third kappa shape index (κ3) is 9.87. The van der Waals surface area contributed by atoms with Gasteiger partial charge in [0, 0.05) is 13.0 Å². The molecule has 0 saturated carbocycles. The number of carboxylic acid groups (broad SMARTS) is 1. The predicted octanol–water partition coefficient (Wildman–Crippen LogP) is 0.585. The van der Waals surface area contributed by atoms with E-state index in [0.29, 0.717) is 25.8 Å². The van der Waals surface area contributed by atoms with Gasteiger partial charge in [0.05, 0.1) is 0 Å². The third-order valence-electron chi connectivity index (χ3n) is 2.59. The molecular weight excluding hydrogens is 250 g/mol. The second-order valence-electron chi connectivity index (χ2n) is 4.36. The molecule has 7 nitrogen and oxygen atoms in total. The van der Waals surface area contributed by atoms with Crippen molar-refractivity contribution in [3.63, 3.8) is 0 Å². The van der Waals surface area contributed by atoms with Crippen molar-refractivity contribution in [2.24, 2.45) is 5.73 Å². The first-order valence-electron chi connectivity index (χ1n) is 6.52. The van der Waals surface area contributed by atoms with Crippen molar-refractivity contribution in [1.82, 2.24) is 10.6 Å². The SMILES string of the molecule is CCCC[C@H](NC(=O)NCCCCC(N)=O)C(=O)O. The molecule has 0 bridgehead atoms. The average Bonchev–Trinajstić information content (AvgIpc) is 2.33. The molecule has 3 amide bonds. The van der Waals surface area contributed by atoms with Gasteiger partial charge in [-0.15, -0.1) is 0 Å². The number of rotatable bonds is 10. The number of carboxylic acids is 1. The van der Waals surface area contributed by atoms with Gasteiger partial charge in [0.2, 0.25) is 5.91 Å². The van der Waals surface area contributed by atoms with Crippen LogP contribution in [0.1, 0.15) is 45.4 Å². The van der Waals surface area contributed by atoms with E-state index in [1.54, 1.807) is 0 Å². The lowest BCUT2D eigenvalue weighted by Gasteiger charge is -2.14. The van der Waals surface area contributed by atoms with Gasteiger partial charge in [0.1, 0.15) is 6.04 Å². The van der Waals surface area contributed by atoms with Crippen LogP contribution in [-0.4, -0.2) is 35.6 Å². The Morgan fingerprint density at radius 2 is 1.89 bits per heavy atom. The van der Waals surface area contributed by atoms with Crippen LogP contribution in [0.2, 0.25) is 0 Å². The summed E-state index contributed by atoms with van der Waals surface area (Å²) in [6, 6.07) is -1.35. The Morgan fingerprint density at radius 3 is 2.42 bits per heavy atom. The average molecular weight is 273 g/mol. The number of primary amides is 1. The summed E-state index contributed by atoms with van der Waals surface area (Å²) in [5.74, 6) is -1.40. The van der Waals surface area contributed by atoms with E-state index in [1.807, 2.05) is 6.92 Å². The Balaban J connectivity index is 3.80. The molecule has 0 aromatic rings. The van der Waals surface area contributed by atoms with Gasteiger partial charge < -0.3 is 21.5 Å². The van der Waals surface area contributed by atoms with E-state index < -0.39 is 18.0 Å². The largest absolute Gasteiger partial charge is 0.480 e. The minimum Gasteiger partial charge on any atom is -0.480 e. The molecule has 0 aromatic carbocycles. The van der Waals surface area contributed by atoms with Crippen molar-refractivity contribution in [1.29, 1.82) is 0 Å². The van der Waals surface area contributed by atoms with Gasteiger partial charge in [0.15, 0.2) is 0 Å². The first kappa shape index (κ1) is 17.2. The van der Waals surface area contributed by atoms with Crippen molar-refractivity contribution >= 4 is 17.9 Å². The molecule has 0 rings (SSSR count). The minimum absolute atomic E-state index is 0.289. The highest BCUT2D eigenvalue weighted by atomic mass is 16.4. The molecule has 0 aliphatic rings. The zero-order valence-electron chi connectivity index (χ0n) is 11.3. The Morgan fingerprint density at radius 1 is 1.21 bits per heavy atom. The van der Waals surface area contributed by atoms with Crippen LogP contribution in [0.5, 0.6) is 0 Å². The zero-order chi connectivity index (χ0) is 14.7. The first-order valence-corrected chi connectivity index (χ1v) is 6.52. The zero-order valence-corrected chi connectivity index (χ0v) is 11.3. The Bertz CT molecular complexity index is 307. The second-order valence-corrected chi connectivity index (χ2v) is 4.36. The summed E-state index contributed by atoms with van der Waals surface area (Å²) in [7, 11) is 0. The van der Waals surface area contributed by atoms with E-state index in [2.05, 4.69) is 10.6 Å². The highest BCUT2D eigenvalue weighted by Crippen LogP contribution is 2.00. The molecule has 0 aliphatic heterocycles. The third-order valence-corrected chi connectivity index (χ3v) is 2.59. The molecule has 0 saturated heterocycles. The fraction of sp³-hybridized carbons (Fsp3) is 0.750. The van der Waals surface area contributed by atoms with Crippen molar-refractivity contribution in [3.05, 3.63) is 0 Å². The predicted molar refractivity (Wildman–Crippen MR) is 70.5 cm³/mol. The van der Waals surface area contributed by atoms with Crippen LogP contribution in [0.3, 0.4) is 0 Å². The van der Waals surface area contributed by atoms with Crippen LogP contribution in [0.4, 0.5) is 4.79 Å². The molecule has 0 aliphatic carbocycles. The summed E-state index contributed by atoms with van der Waals surface area (Å²) in [5, 5.41) is 13.9. The molecule has 0 heterocycles. The van der Waals surface area contributed by atoms with Crippen molar-refractivity contribution in [3.8, 4) is 0 Å². The van der Waals surface area contributed by atoms with Crippen LogP contribution >= 0.6 is 0 Å². The standard InChI is InChI=1S/C12H23N3O4/c1-2-3-6-9(11(17)18)15-12(19)14-8-5-4-7-10(13)16/h9H,2-8H2,1H3,(H2,13,16)(H,17,18)(H2,14,15,19)/t9-/m0/s1. The highest BCUT2D eigenvalue weighted by Gasteiger charge is 2.18. The molecule has 5 N–H and O–H groups in total. The number of amides is 3. The Hall–Kier alpha value is -1.79. The molecular formula is C12H23N3O4. The van der Waals surface area contributed by atoms with Crippen molar-refractivity contribution in [2.75, 3.05) is 6.54 Å². The molecule has 0 fully saturated rings. The van der Waals surface area contributed by atoms with Gasteiger partial charge in [0.25, 0.3) is 0 Å². The topological polar surface area (TPSA) is 122 Å². The fourth-order valence-corrected chi connectivity index (χ4v) is 1.50. The van der Waals surface area contributed by atoms with Crippen LogP contribution in [-0.2, 0) is 9.59 Å². The van der Waals surface area contributed by atoms with Crippen molar-refractivity contribution in [2.45, 2.75) is 51.5 Å². The summed E-state index contributed by atoms with van der Waals surface area (Å²) in [6.45, 7) is 2.34. The van der Waals surface area contributed by atoms with E-state index in [9.17, 15) is 14.4 Å². The molecule has 7 heteroatoms. The monoisotopic (exact) mass is 273 g/mol. The Kier molecular flexibility index (Phi) is 9.20. The summed E-state index contributed by atoms with van der Waals surface area (Å²) in [4.78, 5) is 32.8. The van der Waals surface area contributed by atoms with E-state index in [-0.39, 0.29) is 12.3 Å². The maximum atomic E-state index is 11.4. The summed E-state index contributed by atoms with van der Waals surface area (Å²) < 4.78 is 0. The molecule has 110 valence electrons. The van der Waals surface area contributed by atoms with Gasteiger partial charge in [-0.1, -0.05) is 19.8 Å². The van der Waals surface area contributed by atoms with Crippen LogP contribution in [0, 0.1) is 0 Å². The fourth-order valence-electron chi connectivity index (χ4n) is 1.50. The molecule has 0 unspecified atom stereocenters. The normalized spacial score (nSPS) is 11.6. The smallest absolute Gasteiger partial charge is 0.326 e. The first-order chi connectivity index (χ1) is 8.97. The lowest BCUT2D eigenvalue weighted by Crippen LogP contribution is -2.46. The van der Waals surface area contributed by atoms with Crippen molar-refractivity contribution < 1.29 is 19.5 Å². The molecule has 19 heavy (non-hydrogen) atoms. The number of carbonyl (C=O) groups excluding carboxylic acids is 2. The lowest BCUT2D eigenvalue weighted by molar-refractivity contribution is -0.139.